The summed E-state index contributed by atoms with van der Waals surface area (Å²) in [4.78, 5) is 16.7. The van der Waals surface area contributed by atoms with Crippen molar-refractivity contribution >= 4 is 27.2 Å². The van der Waals surface area contributed by atoms with Crippen LogP contribution >= 0.6 is 0 Å². The second-order valence-corrected chi connectivity index (χ2v) is 9.31. The Bertz CT molecular complexity index is 1000. The molecule has 0 saturated carbocycles. The maximum absolute atomic E-state index is 13.4. The number of urea groups is 1. The molecule has 2 atom stereocenters. The Labute approximate surface area is 159 Å². The molecule has 4 rings (SSSR count). The van der Waals surface area contributed by atoms with E-state index in [2.05, 4.69) is 0 Å². The summed E-state index contributed by atoms with van der Waals surface area (Å²) in [7, 11) is -1.63. The zero-order valence-electron chi connectivity index (χ0n) is 15.5. The molecule has 2 aromatic carbocycles. The van der Waals surface area contributed by atoms with Crippen LogP contribution in [0.25, 0.3) is 0 Å². The van der Waals surface area contributed by atoms with Crippen molar-refractivity contribution in [3.63, 3.8) is 0 Å². The lowest BCUT2D eigenvalue weighted by Gasteiger charge is -2.24. The molecule has 7 heteroatoms. The number of amides is 2. The number of hydrogen-bond acceptors (Lipinski definition) is 4. The number of benzene rings is 2. The lowest BCUT2D eigenvalue weighted by Crippen LogP contribution is -2.38. The highest BCUT2D eigenvalue weighted by Crippen LogP contribution is 2.39. The maximum Gasteiger partial charge on any atom is 0.329 e. The molecule has 0 spiro atoms. The number of anilines is 2. The minimum absolute atomic E-state index is 0.0105. The van der Waals surface area contributed by atoms with Gasteiger partial charge in [-0.25, -0.2) is 13.2 Å². The summed E-state index contributed by atoms with van der Waals surface area (Å²) in [5.41, 5.74) is 3.52. The van der Waals surface area contributed by atoms with Crippen LogP contribution in [-0.2, 0) is 9.84 Å². The molecule has 27 heavy (non-hydrogen) atoms. The van der Waals surface area contributed by atoms with Crippen LogP contribution in [0.3, 0.4) is 0 Å². The normalized spacial score (nSPS) is 23.6. The molecular weight excluding hydrogens is 364 g/mol. The molecule has 0 aliphatic carbocycles. The van der Waals surface area contributed by atoms with Crippen LogP contribution in [0.2, 0.25) is 0 Å². The van der Waals surface area contributed by atoms with Gasteiger partial charge >= 0.3 is 6.03 Å². The molecule has 0 aromatic heterocycles. The number of methoxy groups -OCH3 is 1. The molecule has 0 bridgehead atoms. The molecule has 2 fully saturated rings. The number of fused-ring (bicyclic) bond motifs is 1. The van der Waals surface area contributed by atoms with Gasteiger partial charge in [0.15, 0.2) is 9.84 Å². The summed E-state index contributed by atoms with van der Waals surface area (Å²) < 4.78 is 29.9. The summed E-state index contributed by atoms with van der Waals surface area (Å²) in [6.07, 6.45) is 0. The van der Waals surface area contributed by atoms with Gasteiger partial charge in [0.25, 0.3) is 0 Å². The number of sulfone groups is 1. The molecule has 2 aromatic rings. The Morgan fingerprint density at radius 3 is 2.22 bits per heavy atom. The van der Waals surface area contributed by atoms with Crippen molar-refractivity contribution in [3.05, 3.63) is 53.6 Å². The van der Waals surface area contributed by atoms with E-state index >= 15 is 0 Å². The number of ether oxygens (including phenoxy) is 1. The molecule has 142 valence electrons. The van der Waals surface area contributed by atoms with Crippen molar-refractivity contribution in [1.82, 2.24) is 0 Å². The zero-order valence-corrected chi connectivity index (χ0v) is 16.4. The SMILES string of the molecule is COc1ccc(N2C(=O)N(c3cccc(C)c3C)[C@H]3CS(=O)(=O)C[C@@H]32)cc1. The average Bonchev–Trinajstić information content (AvgIpc) is 3.06. The van der Waals surface area contributed by atoms with Gasteiger partial charge in [-0.1, -0.05) is 12.1 Å². The molecule has 2 heterocycles. The molecular formula is C20H22N2O4S. The van der Waals surface area contributed by atoms with Crippen LogP contribution in [-0.4, -0.2) is 45.1 Å². The van der Waals surface area contributed by atoms with E-state index in [1.54, 1.807) is 41.2 Å². The smallest absolute Gasteiger partial charge is 0.329 e. The number of nitrogens with zero attached hydrogens (tertiary/aromatic N) is 2. The molecule has 2 aliphatic heterocycles. The van der Waals surface area contributed by atoms with Crippen molar-refractivity contribution in [2.24, 2.45) is 0 Å². The van der Waals surface area contributed by atoms with Crippen LogP contribution < -0.4 is 14.5 Å². The number of rotatable bonds is 3. The first-order chi connectivity index (χ1) is 12.8. The maximum atomic E-state index is 13.4. The van der Waals surface area contributed by atoms with Crippen molar-refractivity contribution < 1.29 is 17.9 Å². The van der Waals surface area contributed by atoms with Gasteiger partial charge < -0.3 is 4.74 Å². The third-order valence-electron chi connectivity index (χ3n) is 5.56. The largest absolute Gasteiger partial charge is 0.497 e. The third-order valence-corrected chi connectivity index (χ3v) is 7.25. The van der Waals surface area contributed by atoms with Gasteiger partial charge in [0.1, 0.15) is 5.75 Å². The van der Waals surface area contributed by atoms with E-state index in [-0.39, 0.29) is 23.6 Å². The minimum Gasteiger partial charge on any atom is -0.497 e. The van der Waals surface area contributed by atoms with Gasteiger partial charge in [-0.05, 0) is 55.3 Å². The zero-order chi connectivity index (χ0) is 19.3. The second-order valence-electron chi connectivity index (χ2n) is 7.15. The molecule has 2 aliphatic rings. The summed E-state index contributed by atoms with van der Waals surface area (Å²) in [6, 6.07) is 12.0. The van der Waals surface area contributed by atoms with Gasteiger partial charge in [0, 0.05) is 11.4 Å². The van der Waals surface area contributed by atoms with E-state index in [9.17, 15) is 13.2 Å². The highest BCUT2D eigenvalue weighted by atomic mass is 32.2. The Hall–Kier alpha value is -2.54. The number of hydrogen-bond donors (Lipinski definition) is 0. The fourth-order valence-electron chi connectivity index (χ4n) is 4.03. The van der Waals surface area contributed by atoms with E-state index in [0.717, 1.165) is 16.8 Å². The summed E-state index contributed by atoms with van der Waals surface area (Å²) in [6.45, 7) is 3.95. The molecule has 6 nitrogen and oxygen atoms in total. The molecule has 0 radical (unpaired) electrons. The molecule has 0 N–H and O–H groups in total. The third kappa shape index (κ3) is 2.86. The topological polar surface area (TPSA) is 66.9 Å². The Morgan fingerprint density at radius 1 is 0.963 bits per heavy atom. The highest BCUT2D eigenvalue weighted by Gasteiger charge is 2.54. The fraction of sp³-hybridized carbons (Fsp3) is 0.350. The van der Waals surface area contributed by atoms with E-state index in [1.165, 1.54) is 0 Å². The van der Waals surface area contributed by atoms with Crippen molar-refractivity contribution in [3.8, 4) is 5.75 Å². The molecule has 2 saturated heterocycles. The molecule has 0 unspecified atom stereocenters. The fourth-order valence-corrected chi connectivity index (χ4v) is 5.95. The van der Waals surface area contributed by atoms with Crippen LogP contribution in [0.4, 0.5) is 16.2 Å². The van der Waals surface area contributed by atoms with E-state index in [4.69, 9.17) is 4.74 Å². The summed E-state index contributed by atoms with van der Waals surface area (Å²) >= 11 is 0. The van der Waals surface area contributed by atoms with Crippen LogP contribution in [0.5, 0.6) is 5.75 Å². The summed E-state index contributed by atoms with van der Waals surface area (Å²) in [5.74, 6) is 0.660. The van der Waals surface area contributed by atoms with Crippen molar-refractivity contribution in [1.29, 1.82) is 0 Å². The predicted octanol–water partition coefficient (Wildman–Crippen LogP) is 2.92. The van der Waals surface area contributed by atoms with Gasteiger partial charge in [0.2, 0.25) is 0 Å². The van der Waals surface area contributed by atoms with Gasteiger partial charge in [-0.3, -0.25) is 9.80 Å². The number of carbonyl (C=O) groups excluding carboxylic acids is 1. The van der Waals surface area contributed by atoms with Crippen LogP contribution in [0.1, 0.15) is 11.1 Å². The summed E-state index contributed by atoms with van der Waals surface area (Å²) in [5, 5.41) is 0. The lowest BCUT2D eigenvalue weighted by molar-refractivity contribution is 0.255. The van der Waals surface area contributed by atoms with E-state index < -0.39 is 15.9 Å². The quantitative estimate of drug-likeness (QED) is 0.761. The Morgan fingerprint density at radius 2 is 1.59 bits per heavy atom. The minimum atomic E-state index is -3.21. The Kier molecular flexibility index (Phi) is 4.14. The van der Waals surface area contributed by atoms with E-state index in [0.29, 0.717) is 11.4 Å². The first kappa shape index (κ1) is 17.9. The van der Waals surface area contributed by atoms with Crippen molar-refractivity contribution in [2.45, 2.75) is 25.9 Å². The Balaban J connectivity index is 1.81. The first-order valence-corrected chi connectivity index (χ1v) is 10.7. The van der Waals surface area contributed by atoms with Crippen LogP contribution in [0, 0.1) is 13.8 Å². The van der Waals surface area contributed by atoms with Gasteiger partial charge in [0.05, 0.1) is 30.7 Å². The monoisotopic (exact) mass is 386 g/mol. The second kappa shape index (κ2) is 6.27. The highest BCUT2D eigenvalue weighted by molar-refractivity contribution is 7.91. The number of aryl methyl sites for hydroxylation is 1. The molecule has 2 amide bonds. The lowest BCUT2D eigenvalue weighted by atomic mass is 10.1. The van der Waals surface area contributed by atoms with Gasteiger partial charge in [-0.15, -0.1) is 0 Å². The number of carbonyl (C=O) groups is 1. The first-order valence-electron chi connectivity index (χ1n) is 8.85. The van der Waals surface area contributed by atoms with Crippen LogP contribution in [0.15, 0.2) is 42.5 Å². The van der Waals surface area contributed by atoms with E-state index in [1.807, 2.05) is 32.0 Å². The average molecular weight is 386 g/mol. The standard InChI is InChI=1S/C20H22N2O4S/c1-13-5-4-6-17(14(13)2)22-19-12-27(24,25)11-18(19)21(20(22)23)15-7-9-16(26-3)10-8-15/h4-10,18-19H,11-12H2,1-3H3/t18-,19-/m0/s1. The van der Waals surface area contributed by atoms with Gasteiger partial charge in [-0.2, -0.15) is 0 Å². The van der Waals surface area contributed by atoms with Crippen molar-refractivity contribution in [2.75, 3.05) is 28.4 Å². The predicted molar refractivity (Wildman–Crippen MR) is 105 cm³/mol.